The normalized spacial score (nSPS) is 22.8. The van der Waals surface area contributed by atoms with Crippen molar-refractivity contribution in [3.63, 3.8) is 0 Å². The summed E-state index contributed by atoms with van der Waals surface area (Å²) in [4.78, 5) is 2.80. The molecule has 0 radical (unpaired) electrons. The first-order valence-electron chi connectivity index (χ1n) is 7.23. The number of hydrogen-bond acceptors (Lipinski definition) is 3. The zero-order valence-corrected chi connectivity index (χ0v) is 13.1. The number of aryl methyl sites for hydroxylation is 2. The molecule has 3 atom stereocenters. The van der Waals surface area contributed by atoms with Gasteiger partial charge in [-0.15, -0.1) is 11.3 Å². The molecule has 2 nitrogen and oxygen atoms in total. The second kappa shape index (κ2) is 5.32. The molecule has 0 fully saturated rings. The summed E-state index contributed by atoms with van der Waals surface area (Å²) in [5.74, 6) is 0. The topological polar surface area (TPSA) is 38.0 Å². The number of fused-ring (bicyclic) bond motifs is 1. The van der Waals surface area contributed by atoms with Crippen LogP contribution in [-0.4, -0.2) is 0 Å². The standard InChI is InChI=1S/C17H22N2S/c1-10-8-15(12(3)20-10)11(2)19-17-9-16(18)13-6-4-5-7-14(13)17/h4-8,11,16-17,19H,9,18H2,1-3H3. The average molecular weight is 286 g/mol. The summed E-state index contributed by atoms with van der Waals surface area (Å²) in [6.45, 7) is 6.63. The molecular weight excluding hydrogens is 264 g/mol. The summed E-state index contributed by atoms with van der Waals surface area (Å²) in [6.07, 6.45) is 0.992. The fourth-order valence-corrected chi connectivity index (χ4v) is 4.33. The van der Waals surface area contributed by atoms with Crippen LogP contribution in [0.15, 0.2) is 30.3 Å². The Morgan fingerprint density at radius 2 is 1.95 bits per heavy atom. The van der Waals surface area contributed by atoms with Crippen molar-refractivity contribution in [1.29, 1.82) is 0 Å². The Hall–Kier alpha value is -1.16. The molecule has 0 aliphatic heterocycles. The van der Waals surface area contributed by atoms with Crippen LogP contribution in [0.1, 0.15) is 57.9 Å². The fraction of sp³-hybridized carbons (Fsp3) is 0.412. The van der Waals surface area contributed by atoms with E-state index in [-0.39, 0.29) is 6.04 Å². The molecule has 3 unspecified atom stereocenters. The molecule has 0 bridgehead atoms. The van der Waals surface area contributed by atoms with E-state index in [1.165, 1.54) is 26.4 Å². The lowest BCUT2D eigenvalue weighted by Crippen LogP contribution is -2.23. The summed E-state index contributed by atoms with van der Waals surface area (Å²) >= 11 is 1.88. The van der Waals surface area contributed by atoms with Crippen molar-refractivity contribution < 1.29 is 0 Å². The van der Waals surface area contributed by atoms with Gasteiger partial charge in [-0.25, -0.2) is 0 Å². The van der Waals surface area contributed by atoms with Gasteiger partial charge >= 0.3 is 0 Å². The van der Waals surface area contributed by atoms with Crippen LogP contribution in [0, 0.1) is 13.8 Å². The maximum absolute atomic E-state index is 6.25. The van der Waals surface area contributed by atoms with E-state index < -0.39 is 0 Å². The van der Waals surface area contributed by atoms with Crippen molar-refractivity contribution in [1.82, 2.24) is 5.32 Å². The maximum atomic E-state index is 6.25. The van der Waals surface area contributed by atoms with Crippen LogP contribution in [0.2, 0.25) is 0 Å². The van der Waals surface area contributed by atoms with Gasteiger partial charge in [0.25, 0.3) is 0 Å². The van der Waals surface area contributed by atoms with E-state index in [1.54, 1.807) is 0 Å². The van der Waals surface area contributed by atoms with Crippen LogP contribution in [0.5, 0.6) is 0 Å². The molecular formula is C17H22N2S. The number of rotatable bonds is 3. The molecule has 0 amide bonds. The fourth-order valence-electron chi connectivity index (χ4n) is 3.30. The average Bonchev–Trinajstić information content (AvgIpc) is 2.91. The van der Waals surface area contributed by atoms with Crippen molar-refractivity contribution in [2.24, 2.45) is 5.73 Å². The Bertz CT molecular complexity index is 617. The van der Waals surface area contributed by atoms with Crippen LogP contribution >= 0.6 is 11.3 Å². The summed E-state index contributed by atoms with van der Waals surface area (Å²) in [5.41, 5.74) is 10.3. The Balaban J connectivity index is 1.81. The minimum atomic E-state index is 0.168. The molecule has 20 heavy (non-hydrogen) atoms. The van der Waals surface area contributed by atoms with Crippen LogP contribution in [0.3, 0.4) is 0 Å². The summed E-state index contributed by atoms with van der Waals surface area (Å²) in [5, 5.41) is 3.76. The first-order valence-corrected chi connectivity index (χ1v) is 8.05. The molecule has 3 N–H and O–H groups in total. The largest absolute Gasteiger partial charge is 0.324 e. The minimum absolute atomic E-state index is 0.168. The minimum Gasteiger partial charge on any atom is -0.324 e. The van der Waals surface area contributed by atoms with Crippen molar-refractivity contribution in [3.05, 3.63) is 56.8 Å². The van der Waals surface area contributed by atoms with E-state index in [1.807, 2.05) is 11.3 Å². The molecule has 3 heteroatoms. The molecule has 0 saturated heterocycles. The van der Waals surface area contributed by atoms with Gasteiger partial charge < -0.3 is 11.1 Å². The number of thiophene rings is 1. The quantitative estimate of drug-likeness (QED) is 0.889. The van der Waals surface area contributed by atoms with E-state index in [0.717, 1.165) is 6.42 Å². The number of nitrogens with two attached hydrogens (primary N) is 1. The van der Waals surface area contributed by atoms with Crippen LogP contribution in [0.25, 0.3) is 0 Å². The molecule has 106 valence electrons. The second-order valence-electron chi connectivity index (χ2n) is 5.78. The predicted octanol–water partition coefficient (Wildman–Crippen LogP) is 4.16. The Morgan fingerprint density at radius 1 is 1.25 bits per heavy atom. The van der Waals surface area contributed by atoms with Gasteiger partial charge in [0.2, 0.25) is 0 Å². The zero-order chi connectivity index (χ0) is 14.3. The third kappa shape index (κ3) is 2.41. The number of hydrogen-bond donors (Lipinski definition) is 2. The molecule has 1 aliphatic rings. The number of benzene rings is 1. The third-order valence-electron chi connectivity index (χ3n) is 4.26. The van der Waals surface area contributed by atoms with Gasteiger partial charge in [-0.2, -0.15) is 0 Å². The third-order valence-corrected chi connectivity index (χ3v) is 5.24. The Kier molecular flexibility index (Phi) is 3.67. The first kappa shape index (κ1) is 13.8. The molecule has 1 aromatic heterocycles. The van der Waals surface area contributed by atoms with E-state index in [0.29, 0.717) is 12.1 Å². The van der Waals surface area contributed by atoms with E-state index in [2.05, 4.69) is 56.4 Å². The molecule has 1 heterocycles. The Morgan fingerprint density at radius 3 is 2.60 bits per heavy atom. The molecule has 2 aromatic rings. The highest BCUT2D eigenvalue weighted by Crippen LogP contribution is 2.39. The molecule has 0 saturated carbocycles. The maximum Gasteiger partial charge on any atom is 0.0347 e. The van der Waals surface area contributed by atoms with Crippen LogP contribution < -0.4 is 11.1 Å². The second-order valence-corrected chi connectivity index (χ2v) is 7.24. The van der Waals surface area contributed by atoms with E-state index >= 15 is 0 Å². The molecule has 3 rings (SSSR count). The van der Waals surface area contributed by atoms with E-state index in [4.69, 9.17) is 5.73 Å². The summed E-state index contributed by atoms with van der Waals surface area (Å²) in [6, 6.07) is 11.8. The lowest BCUT2D eigenvalue weighted by Gasteiger charge is -2.20. The van der Waals surface area contributed by atoms with Crippen molar-refractivity contribution >= 4 is 11.3 Å². The van der Waals surface area contributed by atoms with Crippen LogP contribution in [0.4, 0.5) is 0 Å². The zero-order valence-electron chi connectivity index (χ0n) is 12.3. The molecule has 0 spiro atoms. The van der Waals surface area contributed by atoms with E-state index in [9.17, 15) is 0 Å². The van der Waals surface area contributed by atoms with Crippen molar-refractivity contribution in [2.45, 2.75) is 45.3 Å². The van der Waals surface area contributed by atoms with Gasteiger partial charge in [-0.1, -0.05) is 24.3 Å². The van der Waals surface area contributed by atoms with Gasteiger partial charge in [0.1, 0.15) is 0 Å². The molecule has 1 aliphatic carbocycles. The van der Waals surface area contributed by atoms with Gasteiger partial charge in [0.15, 0.2) is 0 Å². The monoisotopic (exact) mass is 286 g/mol. The van der Waals surface area contributed by atoms with Gasteiger partial charge in [-0.05, 0) is 49.9 Å². The van der Waals surface area contributed by atoms with Gasteiger partial charge in [0, 0.05) is 27.9 Å². The SMILES string of the molecule is Cc1cc(C(C)NC2CC(N)c3ccccc32)c(C)s1. The highest BCUT2D eigenvalue weighted by molar-refractivity contribution is 7.12. The van der Waals surface area contributed by atoms with Crippen molar-refractivity contribution in [2.75, 3.05) is 0 Å². The summed E-state index contributed by atoms with van der Waals surface area (Å²) in [7, 11) is 0. The van der Waals surface area contributed by atoms with Gasteiger partial charge in [0.05, 0.1) is 0 Å². The predicted molar refractivity (Wildman–Crippen MR) is 86.1 cm³/mol. The smallest absolute Gasteiger partial charge is 0.0347 e. The van der Waals surface area contributed by atoms with Gasteiger partial charge in [-0.3, -0.25) is 0 Å². The lowest BCUT2D eigenvalue weighted by molar-refractivity contribution is 0.445. The molecule has 1 aromatic carbocycles. The van der Waals surface area contributed by atoms with Crippen LogP contribution in [-0.2, 0) is 0 Å². The lowest BCUT2D eigenvalue weighted by atomic mass is 10.0. The van der Waals surface area contributed by atoms with Crippen molar-refractivity contribution in [3.8, 4) is 0 Å². The Labute approximate surface area is 125 Å². The number of nitrogens with one attached hydrogen (secondary N) is 1. The highest BCUT2D eigenvalue weighted by atomic mass is 32.1. The highest BCUT2D eigenvalue weighted by Gasteiger charge is 2.29. The first-order chi connectivity index (χ1) is 9.56. The summed E-state index contributed by atoms with van der Waals surface area (Å²) < 4.78 is 0.